The molecule has 1 N–H and O–H groups in total. The van der Waals surface area contributed by atoms with Gasteiger partial charge in [-0.2, -0.15) is 0 Å². The molecule has 0 radical (unpaired) electrons. The van der Waals surface area contributed by atoms with Crippen molar-refractivity contribution in [1.82, 2.24) is 9.97 Å². The fourth-order valence-electron chi connectivity index (χ4n) is 2.32. The molecule has 2 unspecified atom stereocenters. The number of hydrogen-bond acceptors (Lipinski definition) is 4. The van der Waals surface area contributed by atoms with Gasteiger partial charge in [0, 0.05) is 18.6 Å². The first-order valence-corrected chi connectivity index (χ1v) is 6.39. The number of benzene rings is 1. The minimum atomic E-state index is 0.364. The van der Waals surface area contributed by atoms with Crippen LogP contribution in [0.5, 0.6) is 0 Å². The van der Waals surface area contributed by atoms with Crippen molar-refractivity contribution in [2.75, 3.05) is 18.5 Å². The summed E-state index contributed by atoms with van der Waals surface area (Å²) < 4.78 is 5.41. The zero-order valence-electron chi connectivity index (χ0n) is 10.5. The Bertz CT molecular complexity index is 537. The van der Waals surface area contributed by atoms with Gasteiger partial charge in [0.25, 0.3) is 0 Å². The molecule has 4 nitrogen and oxygen atoms in total. The average molecular weight is 243 g/mol. The Hall–Kier alpha value is -1.68. The minimum Gasteiger partial charge on any atom is -0.381 e. The molecule has 0 amide bonds. The number of para-hydroxylation sites is 2. The van der Waals surface area contributed by atoms with Crippen LogP contribution in [0.4, 0.5) is 5.82 Å². The first kappa shape index (κ1) is 11.4. The SMILES string of the molecule is CC(Nc1cnc2ccccc2n1)C1CCOC1. The summed E-state index contributed by atoms with van der Waals surface area (Å²) in [6.45, 7) is 3.89. The highest BCUT2D eigenvalue weighted by atomic mass is 16.5. The lowest BCUT2D eigenvalue weighted by Gasteiger charge is -2.19. The van der Waals surface area contributed by atoms with Crippen LogP contribution in [0.25, 0.3) is 11.0 Å². The minimum absolute atomic E-state index is 0.364. The van der Waals surface area contributed by atoms with Crippen LogP contribution in [0.3, 0.4) is 0 Å². The summed E-state index contributed by atoms with van der Waals surface area (Å²) in [4.78, 5) is 8.98. The van der Waals surface area contributed by atoms with E-state index in [1.54, 1.807) is 6.20 Å². The number of fused-ring (bicyclic) bond motifs is 1. The molecule has 18 heavy (non-hydrogen) atoms. The zero-order chi connectivity index (χ0) is 12.4. The number of hydrogen-bond donors (Lipinski definition) is 1. The summed E-state index contributed by atoms with van der Waals surface area (Å²) in [7, 11) is 0. The van der Waals surface area contributed by atoms with Crippen LogP contribution in [-0.2, 0) is 4.74 Å². The molecule has 2 aromatic rings. The van der Waals surface area contributed by atoms with Crippen molar-refractivity contribution in [2.24, 2.45) is 5.92 Å². The van der Waals surface area contributed by atoms with E-state index in [0.29, 0.717) is 12.0 Å². The van der Waals surface area contributed by atoms with Crippen molar-refractivity contribution in [1.29, 1.82) is 0 Å². The van der Waals surface area contributed by atoms with E-state index in [2.05, 4.69) is 22.2 Å². The third-order valence-electron chi connectivity index (χ3n) is 3.50. The molecule has 0 spiro atoms. The lowest BCUT2D eigenvalue weighted by Crippen LogP contribution is -2.26. The molecule has 0 bridgehead atoms. The Morgan fingerprint density at radius 3 is 2.94 bits per heavy atom. The van der Waals surface area contributed by atoms with E-state index in [-0.39, 0.29) is 0 Å². The predicted octanol–water partition coefficient (Wildman–Crippen LogP) is 2.47. The van der Waals surface area contributed by atoms with Gasteiger partial charge in [0.05, 0.1) is 23.8 Å². The van der Waals surface area contributed by atoms with Crippen molar-refractivity contribution < 1.29 is 4.74 Å². The van der Waals surface area contributed by atoms with Crippen molar-refractivity contribution >= 4 is 16.9 Å². The number of nitrogens with one attached hydrogen (secondary N) is 1. The van der Waals surface area contributed by atoms with E-state index in [1.807, 2.05) is 24.3 Å². The molecule has 0 aliphatic carbocycles. The summed E-state index contributed by atoms with van der Waals surface area (Å²) in [5.74, 6) is 1.41. The molecule has 2 heterocycles. The van der Waals surface area contributed by atoms with Gasteiger partial charge in [-0.3, -0.25) is 4.98 Å². The Labute approximate surface area is 106 Å². The number of aromatic nitrogens is 2. The maximum absolute atomic E-state index is 5.41. The van der Waals surface area contributed by atoms with Gasteiger partial charge in [-0.1, -0.05) is 12.1 Å². The van der Waals surface area contributed by atoms with Gasteiger partial charge < -0.3 is 10.1 Å². The van der Waals surface area contributed by atoms with Crippen LogP contribution in [0.1, 0.15) is 13.3 Å². The van der Waals surface area contributed by atoms with Gasteiger partial charge in [-0.25, -0.2) is 4.98 Å². The molecule has 1 aliphatic rings. The fourth-order valence-corrected chi connectivity index (χ4v) is 2.32. The van der Waals surface area contributed by atoms with Gasteiger partial charge in [0.2, 0.25) is 0 Å². The fraction of sp³-hybridized carbons (Fsp3) is 0.429. The Morgan fingerprint density at radius 2 is 2.17 bits per heavy atom. The molecule has 1 saturated heterocycles. The average Bonchev–Trinajstić information content (AvgIpc) is 2.92. The van der Waals surface area contributed by atoms with Gasteiger partial charge in [0.1, 0.15) is 5.82 Å². The van der Waals surface area contributed by atoms with E-state index < -0.39 is 0 Å². The second-order valence-electron chi connectivity index (χ2n) is 4.80. The van der Waals surface area contributed by atoms with E-state index in [4.69, 9.17) is 4.74 Å². The lowest BCUT2D eigenvalue weighted by atomic mass is 10.0. The third kappa shape index (κ3) is 2.29. The van der Waals surface area contributed by atoms with Crippen LogP contribution in [0, 0.1) is 5.92 Å². The highest BCUT2D eigenvalue weighted by molar-refractivity contribution is 5.75. The van der Waals surface area contributed by atoms with Gasteiger partial charge in [-0.05, 0) is 25.5 Å². The number of ether oxygens (including phenoxy) is 1. The molecule has 3 rings (SSSR count). The molecule has 1 aromatic carbocycles. The normalized spacial score (nSPS) is 21.1. The monoisotopic (exact) mass is 243 g/mol. The topological polar surface area (TPSA) is 47.0 Å². The lowest BCUT2D eigenvalue weighted by molar-refractivity contribution is 0.183. The smallest absolute Gasteiger partial charge is 0.145 e. The Kier molecular flexibility index (Phi) is 3.11. The summed E-state index contributed by atoms with van der Waals surface area (Å²) in [6, 6.07) is 8.28. The molecule has 1 fully saturated rings. The van der Waals surface area contributed by atoms with Crippen molar-refractivity contribution in [2.45, 2.75) is 19.4 Å². The maximum atomic E-state index is 5.41. The molecular formula is C14H17N3O. The quantitative estimate of drug-likeness (QED) is 0.899. The van der Waals surface area contributed by atoms with Crippen LogP contribution in [0.15, 0.2) is 30.5 Å². The molecule has 94 valence electrons. The second-order valence-corrected chi connectivity index (χ2v) is 4.80. The predicted molar refractivity (Wildman–Crippen MR) is 71.5 cm³/mol. The van der Waals surface area contributed by atoms with Gasteiger partial charge in [-0.15, -0.1) is 0 Å². The molecular weight excluding hydrogens is 226 g/mol. The molecule has 0 saturated carbocycles. The maximum Gasteiger partial charge on any atom is 0.145 e. The van der Waals surface area contributed by atoms with E-state index >= 15 is 0 Å². The molecule has 1 aromatic heterocycles. The first-order valence-electron chi connectivity index (χ1n) is 6.39. The van der Waals surface area contributed by atoms with Crippen molar-refractivity contribution in [3.8, 4) is 0 Å². The van der Waals surface area contributed by atoms with Crippen LogP contribution in [-0.4, -0.2) is 29.2 Å². The van der Waals surface area contributed by atoms with Crippen molar-refractivity contribution in [3.05, 3.63) is 30.5 Å². The van der Waals surface area contributed by atoms with E-state index in [0.717, 1.165) is 36.5 Å². The number of anilines is 1. The van der Waals surface area contributed by atoms with Gasteiger partial charge >= 0.3 is 0 Å². The standard InChI is InChI=1S/C14H17N3O/c1-10(11-6-7-18-9-11)16-14-8-15-12-4-2-3-5-13(12)17-14/h2-5,8,10-11H,6-7,9H2,1H3,(H,16,17). The van der Waals surface area contributed by atoms with Crippen LogP contribution in [0.2, 0.25) is 0 Å². The third-order valence-corrected chi connectivity index (χ3v) is 3.50. The number of rotatable bonds is 3. The largest absolute Gasteiger partial charge is 0.381 e. The second kappa shape index (κ2) is 4.90. The summed E-state index contributed by atoms with van der Waals surface area (Å²) in [5.41, 5.74) is 1.86. The Morgan fingerprint density at radius 1 is 1.33 bits per heavy atom. The molecule has 2 atom stereocenters. The summed E-state index contributed by atoms with van der Waals surface area (Å²) in [6.07, 6.45) is 2.92. The zero-order valence-corrected chi connectivity index (χ0v) is 10.5. The van der Waals surface area contributed by atoms with E-state index in [1.165, 1.54) is 0 Å². The van der Waals surface area contributed by atoms with Gasteiger partial charge in [0.15, 0.2) is 0 Å². The molecule has 1 aliphatic heterocycles. The number of nitrogens with zero attached hydrogens (tertiary/aromatic N) is 2. The van der Waals surface area contributed by atoms with Crippen LogP contribution >= 0.6 is 0 Å². The summed E-state index contributed by atoms with van der Waals surface area (Å²) >= 11 is 0. The van der Waals surface area contributed by atoms with E-state index in [9.17, 15) is 0 Å². The first-order chi connectivity index (χ1) is 8.83. The highest BCUT2D eigenvalue weighted by Gasteiger charge is 2.22. The molecule has 4 heteroatoms. The Balaban J connectivity index is 1.77. The summed E-state index contributed by atoms with van der Waals surface area (Å²) in [5, 5.41) is 3.42. The van der Waals surface area contributed by atoms with Crippen LogP contribution < -0.4 is 5.32 Å². The highest BCUT2D eigenvalue weighted by Crippen LogP contribution is 2.20. The van der Waals surface area contributed by atoms with Crippen molar-refractivity contribution in [3.63, 3.8) is 0 Å².